The quantitative estimate of drug-likeness (QED) is 0.730. The van der Waals surface area contributed by atoms with Crippen molar-refractivity contribution in [1.29, 1.82) is 0 Å². The minimum Gasteiger partial charge on any atom is -0.423 e. The van der Waals surface area contributed by atoms with E-state index in [-0.39, 0.29) is 5.63 Å². The summed E-state index contributed by atoms with van der Waals surface area (Å²) in [5.74, 6) is 0. The van der Waals surface area contributed by atoms with Gasteiger partial charge >= 0.3 is 5.63 Å². The molecule has 3 rings (SSSR count). The van der Waals surface area contributed by atoms with Crippen molar-refractivity contribution in [2.45, 2.75) is 6.54 Å². The molecule has 2 heterocycles. The largest absolute Gasteiger partial charge is 0.423 e. The van der Waals surface area contributed by atoms with Crippen LogP contribution in [0.1, 0.15) is 4.88 Å². The number of rotatable bonds is 3. The van der Waals surface area contributed by atoms with E-state index in [9.17, 15) is 4.79 Å². The Labute approximate surface area is 108 Å². The van der Waals surface area contributed by atoms with Gasteiger partial charge in [-0.2, -0.15) is 0 Å². The van der Waals surface area contributed by atoms with Gasteiger partial charge in [-0.15, -0.1) is 11.3 Å². The predicted octanol–water partition coefficient (Wildman–Crippen LogP) is 3.47. The first kappa shape index (κ1) is 11.0. The predicted molar refractivity (Wildman–Crippen MR) is 74.1 cm³/mol. The number of hydrogen-bond donors (Lipinski definition) is 1. The monoisotopic (exact) mass is 257 g/mol. The summed E-state index contributed by atoms with van der Waals surface area (Å²) in [4.78, 5) is 12.7. The highest BCUT2D eigenvalue weighted by atomic mass is 32.1. The van der Waals surface area contributed by atoms with Gasteiger partial charge in [-0.05, 0) is 23.6 Å². The maximum absolute atomic E-state index is 11.5. The molecule has 90 valence electrons. The SMILES string of the molecule is O=c1cc(NCc2cccs2)c2ccccc2o1. The van der Waals surface area contributed by atoms with Crippen LogP contribution in [0.5, 0.6) is 0 Å². The Morgan fingerprint density at radius 3 is 2.89 bits per heavy atom. The van der Waals surface area contributed by atoms with Gasteiger partial charge in [0.25, 0.3) is 0 Å². The molecule has 3 aromatic rings. The molecule has 0 aliphatic carbocycles. The summed E-state index contributed by atoms with van der Waals surface area (Å²) in [5.41, 5.74) is 1.09. The lowest BCUT2D eigenvalue weighted by Gasteiger charge is -2.07. The maximum Gasteiger partial charge on any atom is 0.338 e. The molecule has 0 spiro atoms. The lowest BCUT2D eigenvalue weighted by atomic mass is 10.2. The van der Waals surface area contributed by atoms with Gasteiger partial charge in [-0.3, -0.25) is 0 Å². The lowest BCUT2D eigenvalue weighted by molar-refractivity contribution is 0.561. The molecule has 0 radical (unpaired) electrons. The zero-order chi connectivity index (χ0) is 12.4. The van der Waals surface area contributed by atoms with Gasteiger partial charge < -0.3 is 9.73 Å². The smallest absolute Gasteiger partial charge is 0.338 e. The third-order valence-electron chi connectivity index (χ3n) is 2.68. The Morgan fingerprint density at radius 1 is 1.17 bits per heavy atom. The van der Waals surface area contributed by atoms with Gasteiger partial charge in [0, 0.05) is 22.9 Å². The average Bonchev–Trinajstić information content (AvgIpc) is 2.89. The van der Waals surface area contributed by atoms with Crippen molar-refractivity contribution >= 4 is 28.0 Å². The summed E-state index contributed by atoms with van der Waals surface area (Å²) in [5, 5.41) is 6.24. The Bertz CT molecular complexity index is 716. The summed E-state index contributed by atoms with van der Waals surface area (Å²) >= 11 is 1.69. The first-order valence-electron chi connectivity index (χ1n) is 5.62. The number of hydrogen-bond acceptors (Lipinski definition) is 4. The van der Waals surface area contributed by atoms with Crippen molar-refractivity contribution in [3.05, 3.63) is 63.1 Å². The van der Waals surface area contributed by atoms with Crippen LogP contribution in [0.15, 0.2) is 57.1 Å². The highest BCUT2D eigenvalue weighted by Gasteiger charge is 2.04. The number of fused-ring (bicyclic) bond motifs is 1. The van der Waals surface area contributed by atoms with E-state index >= 15 is 0 Å². The number of anilines is 1. The third-order valence-corrected chi connectivity index (χ3v) is 3.56. The molecular weight excluding hydrogens is 246 g/mol. The van der Waals surface area contributed by atoms with Crippen LogP contribution in [-0.2, 0) is 6.54 Å². The van der Waals surface area contributed by atoms with Gasteiger partial charge in [-0.25, -0.2) is 4.79 Å². The van der Waals surface area contributed by atoms with E-state index in [0.29, 0.717) is 12.1 Å². The van der Waals surface area contributed by atoms with Crippen LogP contribution in [0.3, 0.4) is 0 Å². The first-order valence-corrected chi connectivity index (χ1v) is 6.50. The molecule has 0 unspecified atom stereocenters. The minimum atomic E-state index is -0.331. The fraction of sp³-hybridized carbons (Fsp3) is 0.0714. The molecule has 0 amide bonds. The Hall–Kier alpha value is -2.07. The molecule has 4 heteroatoms. The summed E-state index contributed by atoms with van der Waals surface area (Å²) in [6, 6.07) is 13.1. The third kappa shape index (κ3) is 2.15. The van der Waals surface area contributed by atoms with E-state index in [1.54, 1.807) is 17.4 Å². The molecule has 0 aliphatic rings. The zero-order valence-corrected chi connectivity index (χ0v) is 10.4. The van der Waals surface area contributed by atoms with E-state index in [0.717, 1.165) is 11.1 Å². The van der Waals surface area contributed by atoms with Gasteiger partial charge in [0.05, 0.1) is 5.69 Å². The van der Waals surface area contributed by atoms with E-state index in [4.69, 9.17) is 4.42 Å². The van der Waals surface area contributed by atoms with Gasteiger partial charge in [0.15, 0.2) is 0 Å². The van der Waals surface area contributed by atoms with Crippen molar-refractivity contribution in [2.24, 2.45) is 0 Å². The molecule has 0 atom stereocenters. The van der Waals surface area contributed by atoms with Crippen LogP contribution in [0.25, 0.3) is 11.0 Å². The maximum atomic E-state index is 11.5. The lowest BCUT2D eigenvalue weighted by Crippen LogP contribution is -2.04. The standard InChI is InChI=1S/C14H11NO2S/c16-14-8-12(15-9-10-4-3-7-18-10)11-5-1-2-6-13(11)17-14/h1-8,15H,9H2. The Morgan fingerprint density at radius 2 is 2.06 bits per heavy atom. The zero-order valence-electron chi connectivity index (χ0n) is 9.55. The highest BCUT2D eigenvalue weighted by Crippen LogP contribution is 2.22. The second-order valence-electron chi connectivity index (χ2n) is 3.91. The first-order chi connectivity index (χ1) is 8.83. The van der Waals surface area contributed by atoms with Crippen molar-refractivity contribution in [2.75, 3.05) is 5.32 Å². The molecule has 3 nitrogen and oxygen atoms in total. The second kappa shape index (κ2) is 4.66. The summed E-state index contributed by atoms with van der Waals surface area (Å²) in [7, 11) is 0. The van der Waals surface area contributed by atoms with Gasteiger partial charge in [0.1, 0.15) is 5.58 Å². The topological polar surface area (TPSA) is 42.2 Å². The van der Waals surface area contributed by atoms with Crippen molar-refractivity contribution < 1.29 is 4.42 Å². The number of nitrogens with one attached hydrogen (secondary N) is 1. The van der Waals surface area contributed by atoms with E-state index in [2.05, 4.69) is 11.4 Å². The fourth-order valence-corrected chi connectivity index (χ4v) is 2.50. The molecule has 2 aromatic heterocycles. The van der Waals surface area contributed by atoms with E-state index in [1.165, 1.54) is 10.9 Å². The molecule has 0 fully saturated rings. The van der Waals surface area contributed by atoms with Crippen LogP contribution in [0.4, 0.5) is 5.69 Å². The molecule has 0 saturated heterocycles. The Kier molecular flexibility index (Phi) is 2.86. The van der Waals surface area contributed by atoms with Crippen LogP contribution < -0.4 is 10.9 Å². The fourth-order valence-electron chi connectivity index (χ4n) is 1.85. The average molecular weight is 257 g/mol. The molecule has 1 N–H and O–H groups in total. The van der Waals surface area contributed by atoms with Crippen LogP contribution in [0.2, 0.25) is 0 Å². The van der Waals surface area contributed by atoms with E-state index in [1.807, 2.05) is 29.6 Å². The second-order valence-corrected chi connectivity index (χ2v) is 4.94. The number of benzene rings is 1. The van der Waals surface area contributed by atoms with Crippen molar-refractivity contribution in [3.63, 3.8) is 0 Å². The molecule has 0 bridgehead atoms. The Balaban J connectivity index is 1.98. The number of thiophene rings is 1. The van der Waals surface area contributed by atoms with Crippen LogP contribution >= 0.6 is 11.3 Å². The van der Waals surface area contributed by atoms with Crippen molar-refractivity contribution in [3.8, 4) is 0 Å². The summed E-state index contributed by atoms with van der Waals surface area (Å²) in [6.45, 7) is 0.713. The normalized spacial score (nSPS) is 10.7. The minimum absolute atomic E-state index is 0.331. The molecular formula is C14H11NO2S. The van der Waals surface area contributed by atoms with Crippen molar-refractivity contribution in [1.82, 2.24) is 0 Å². The van der Waals surface area contributed by atoms with Crippen LogP contribution in [-0.4, -0.2) is 0 Å². The number of para-hydroxylation sites is 1. The molecule has 1 aromatic carbocycles. The molecule has 0 aliphatic heterocycles. The van der Waals surface area contributed by atoms with Gasteiger partial charge in [-0.1, -0.05) is 18.2 Å². The molecule has 18 heavy (non-hydrogen) atoms. The van der Waals surface area contributed by atoms with Gasteiger partial charge in [0.2, 0.25) is 0 Å². The summed E-state index contributed by atoms with van der Waals surface area (Å²) in [6.07, 6.45) is 0. The van der Waals surface area contributed by atoms with Crippen LogP contribution in [0, 0.1) is 0 Å². The summed E-state index contributed by atoms with van der Waals surface area (Å²) < 4.78 is 5.15. The molecule has 0 saturated carbocycles. The highest BCUT2D eigenvalue weighted by molar-refractivity contribution is 7.09. The van der Waals surface area contributed by atoms with E-state index < -0.39 is 0 Å².